The van der Waals surface area contributed by atoms with Crippen LogP contribution in [0.3, 0.4) is 0 Å². The molecule has 56 heavy (non-hydrogen) atoms. The standard InChI is InChI=1S/C50H96O6/c1-6-7-8-9-10-11-17-21-24-30-35-40-48(51)54-43-47(56-50(53)42-37-32-27-26-29-34-39-46(4)5)44-55-49(52)41-36-31-25-22-19-16-14-12-13-15-18-20-23-28-33-38-45(2)3/h45-47H,6-44H2,1-5H3/t47-/m0/s1. The first kappa shape index (κ1) is 54.4. The van der Waals surface area contributed by atoms with Crippen molar-refractivity contribution in [2.24, 2.45) is 11.8 Å². The molecule has 0 fully saturated rings. The molecule has 0 bridgehead atoms. The first-order chi connectivity index (χ1) is 27.2. The van der Waals surface area contributed by atoms with E-state index in [1.165, 1.54) is 161 Å². The molecule has 0 aromatic rings. The van der Waals surface area contributed by atoms with Gasteiger partial charge in [0, 0.05) is 19.3 Å². The van der Waals surface area contributed by atoms with Gasteiger partial charge in [0.2, 0.25) is 0 Å². The van der Waals surface area contributed by atoms with Gasteiger partial charge in [-0.05, 0) is 31.1 Å². The Bertz CT molecular complexity index is 854. The van der Waals surface area contributed by atoms with Gasteiger partial charge in [-0.3, -0.25) is 14.4 Å². The number of unbranched alkanes of at least 4 members (excludes halogenated alkanes) is 29. The van der Waals surface area contributed by atoms with E-state index in [2.05, 4.69) is 34.6 Å². The molecule has 6 nitrogen and oxygen atoms in total. The maximum atomic E-state index is 12.7. The van der Waals surface area contributed by atoms with Gasteiger partial charge in [0.1, 0.15) is 13.2 Å². The van der Waals surface area contributed by atoms with E-state index >= 15 is 0 Å². The number of carbonyl (C=O) groups is 3. The molecule has 0 aliphatic heterocycles. The summed E-state index contributed by atoms with van der Waals surface area (Å²) < 4.78 is 16.7. The highest BCUT2D eigenvalue weighted by molar-refractivity contribution is 5.71. The quantitative estimate of drug-likeness (QED) is 0.0347. The molecule has 0 spiro atoms. The smallest absolute Gasteiger partial charge is 0.306 e. The van der Waals surface area contributed by atoms with Crippen molar-refractivity contribution in [2.75, 3.05) is 13.2 Å². The third-order valence-electron chi connectivity index (χ3n) is 11.2. The van der Waals surface area contributed by atoms with Crippen molar-refractivity contribution in [2.45, 2.75) is 278 Å². The van der Waals surface area contributed by atoms with Crippen molar-refractivity contribution in [3.05, 3.63) is 0 Å². The van der Waals surface area contributed by atoms with Crippen molar-refractivity contribution in [3.8, 4) is 0 Å². The maximum Gasteiger partial charge on any atom is 0.306 e. The van der Waals surface area contributed by atoms with Crippen molar-refractivity contribution in [1.82, 2.24) is 0 Å². The molecule has 0 aromatic heterocycles. The van der Waals surface area contributed by atoms with Crippen LogP contribution in [0.5, 0.6) is 0 Å². The van der Waals surface area contributed by atoms with Crippen LogP contribution >= 0.6 is 0 Å². The third kappa shape index (κ3) is 43.5. The molecule has 1 atom stereocenters. The average molecular weight is 793 g/mol. The van der Waals surface area contributed by atoms with Gasteiger partial charge in [0.25, 0.3) is 0 Å². The fourth-order valence-electron chi connectivity index (χ4n) is 7.46. The van der Waals surface area contributed by atoms with E-state index < -0.39 is 6.10 Å². The number of rotatable bonds is 44. The van der Waals surface area contributed by atoms with Gasteiger partial charge in [0.05, 0.1) is 0 Å². The zero-order valence-corrected chi connectivity index (χ0v) is 38.3. The Morgan fingerprint density at radius 3 is 0.875 bits per heavy atom. The normalized spacial score (nSPS) is 12.1. The lowest BCUT2D eigenvalue weighted by Crippen LogP contribution is -2.30. The summed E-state index contributed by atoms with van der Waals surface area (Å²) in [5.41, 5.74) is 0. The Morgan fingerprint density at radius 2 is 0.589 bits per heavy atom. The minimum absolute atomic E-state index is 0.0650. The lowest BCUT2D eigenvalue weighted by atomic mass is 10.0. The average Bonchev–Trinajstić information content (AvgIpc) is 3.16. The van der Waals surface area contributed by atoms with Crippen LogP contribution in [0.4, 0.5) is 0 Å². The van der Waals surface area contributed by atoms with Crippen molar-refractivity contribution < 1.29 is 28.6 Å². The van der Waals surface area contributed by atoms with Crippen molar-refractivity contribution >= 4 is 17.9 Å². The van der Waals surface area contributed by atoms with Gasteiger partial charge in [-0.1, -0.05) is 234 Å². The summed E-state index contributed by atoms with van der Waals surface area (Å²) >= 11 is 0. The molecule has 0 saturated carbocycles. The number of hydrogen-bond acceptors (Lipinski definition) is 6. The van der Waals surface area contributed by atoms with Gasteiger partial charge < -0.3 is 14.2 Å². The molecule has 0 aliphatic carbocycles. The maximum absolute atomic E-state index is 12.7. The van der Waals surface area contributed by atoms with Gasteiger partial charge in [-0.15, -0.1) is 0 Å². The van der Waals surface area contributed by atoms with E-state index in [1.807, 2.05) is 0 Å². The highest BCUT2D eigenvalue weighted by Gasteiger charge is 2.19. The van der Waals surface area contributed by atoms with Gasteiger partial charge in [-0.2, -0.15) is 0 Å². The molecular formula is C50H96O6. The summed E-state index contributed by atoms with van der Waals surface area (Å²) in [6, 6.07) is 0. The topological polar surface area (TPSA) is 78.9 Å². The molecule has 0 radical (unpaired) electrons. The summed E-state index contributed by atoms with van der Waals surface area (Å²) in [7, 11) is 0. The molecule has 0 unspecified atom stereocenters. The van der Waals surface area contributed by atoms with Crippen molar-refractivity contribution in [1.29, 1.82) is 0 Å². The number of hydrogen-bond donors (Lipinski definition) is 0. The van der Waals surface area contributed by atoms with Crippen molar-refractivity contribution in [3.63, 3.8) is 0 Å². The Labute approximate surface area is 348 Å². The predicted molar refractivity (Wildman–Crippen MR) is 238 cm³/mol. The van der Waals surface area contributed by atoms with E-state index in [1.54, 1.807) is 0 Å². The lowest BCUT2D eigenvalue weighted by Gasteiger charge is -2.18. The van der Waals surface area contributed by atoms with E-state index in [0.29, 0.717) is 19.3 Å². The van der Waals surface area contributed by atoms with Crippen LogP contribution in [0.15, 0.2) is 0 Å². The highest BCUT2D eigenvalue weighted by Crippen LogP contribution is 2.17. The Balaban J connectivity index is 4.22. The largest absolute Gasteiger partial charge is 0.462 e. The van der Waals surface area contributed by atoms with Crippen LogP contribution in [0.25, 0.3) is 0 Å². The Morgan fingerprint density at radius 1 is 0.339 bits per heavy atom. The van der Waals surface area contributed by atoms with Crippen LogP contribution in [-0.2, 0) is 28.6 Å². The second-order valence-corrected chi connectivity index (χ2v) is 18.1. The monoisotopic (exact) mass is 793 g/mol. The predicted octanol–water partition coefficient (Wildman–Crippen LogP) is 15.8. The third-order valence-corrected chi connectivity index (χ3v) is 11.2. The molecule has 0 amide bonds. The van der Waals surface area contributed by atoms with E-state index in [0.717, 1.165) is 69.6 Å². The molecule has 6 heteroatoms. The molecular weight excluding hydrogens is 697 g/mol. The molecule has 0 aliphatic rings. The lowest BCUT2D eigenvalue weighted by molar-refractivity contribution is -0.167. The summed E-state index contributed by atoms with van der Waals surface area (Å²) in [4.78, 5) is 37.8. The van der Waals surface area contributed by atoms with Gasteiger partial charge >= 0.3 is 17.9 Å². The van der Waals surface area contributed by atoms with Gasteiger partial charge in [-0.25, -0.2) is 0 Å². The van der Waals surface area contributed by atoms with Crippen LogP contribution < -0.4 is 0 Å². The summed E-state index contributed by atoms with van der Waals surface area (Å²) in [5, 5.41) is 0. The summed E-state index contributed by atoms with van der Waals surface area (Å²) in [6.45, 7) is 11.3. The fourth-order valence-corrected chi connectivity index (χ4v) is 7.46. The van der Waals surface area contributed by atoms with Crippen LogP contribution in [0, 0.1) is 11.8 Å². The Hall–Kier alpha value is -1.59. The van der Waals surface area contributed by atoms with E-state index in [4.69, 9.17) is 14.2 Å². The molecule has 0 aromatic carbocycles. The molecule has 0 heterocycles. The van der Waals surface area contributed by atoms with Gasteiger partial charge in [0.15, 0.2) is 6.10 Å². The van der Waals surface area contributed by atoms with Crippen LogP contribution in [0.1, 0.15) is 272 Å². The number of carbonyl (C=O) groups excluding carboxylic acids is 3. The minimum Gasteiger partial charge on any atom is -0.462 e. The molecule has 0 rings (SSSR count). The number of ether oxygens (including phenoxy) is 3. The van der Waals surface area contributed by atoms with E-state index in [-0.39, 0.29) is 31.1 Å². The molecule has 0 N–H and O–H groups in total. The zero-order chi connectivity index (χ0) is 41.2. The second-order valence-electron chi connectivity index (χ2n) is 18.1. The van der Waals surface area contributed by atoms with E-state index in [9.17, 15) is 14.4 Å². The molecule has 0 saturated heterocycles. The summed E-state index contributed by atoms with van der Waals surface area (Å²) in [6.07, 6.45) is 42.5. The fraction of sp³-hybridized carbons (Fsp3) is 0.940. The zero-order valence-electron chi connectivity index (χ0n) is 38.3. The molecule has 332 valence electrons. The highest BCUT2D eigenvalue weighted by atomic mass is 16.6. The van der Waals surface area contributed by atoms with Crippen LogP contribution in [-0.4, -0.2) is 37.2 Å². The first-order valence-electron chi connectivity index (χ1n) is 24.7. The van der Waals surface area contributed by atoms with Crippen LogP contribution in [0.2, 0.25) is 0 Å². The summed E-state index contributed by atoms with van der Waals surface area (Å²) in [5.74, 6) is 0.751. The first-order valence-corrected chi connectivity index (χ1v) is 24.7. The number of esters is 3. The SMILES string of the molecule is CCCCCCCCCCCCCC(=O)OC[C@@H](COC(=O)CCCCCCCCCCCCCCCCCC(C)C)OC(=O)CCCCCCCCC(C)C. The minimum atomic E-state index is -0.761. The Kier molecular flexibility index (Phi) is 41.8. The second kappa shape index (κ2) is 43.0.